The Kier molecular flexibility index (Phi) is 5.93. The van der Waals surface area contributed by atoms with Crippen molar-refractivity contribution in [1.29, 1.82) is 0 Å². The predicted octanol–water partition coefficient (Wildman–Crippen LogP) is 2.34. The smallest absolute Gasteiger partial charge is 0.253 e. The van der Waals surface area contributed by atoms with Crippen LogP contribution in [-0.4, -0.2) is 29.0 Å². The van der Waals surface area contributed by atoms with Crippen LogP contribution in [0.25, 0.3) is 0 Å². The molecule has 0 atom stereocenters. The maximum atomic E-state index is 12.3. The molecular weight excluding hydrogens is 394 g/mol. The molecule has 2 aromatic carbocycles. The summed E-state index contributed by atoms with van der Waals surface area (Å²) >= 11 is 5.91. The number of anilines is 3. The molecule has 1 heterocycles. The van der Waals surface area contributed by atoms with E-state index in [0.29, 0.717) is 29.4 Å². The van der Waals surface area contributed by atoms with Gasteiger partial charge in [-0.15, -0.1) is 0 Å². The third kappa shape index (κ3) is 4.97. The van der Waals surface area contributed by atoms with E-state index < -0.39 is 10.9 Å². The summed E-state index contributed by atoms with van der Waals surface area (Å²) in [5.74, 6) is -0.235. The van der Waals surface area contributed by atoms with E-state index in [4.69, 9.17) is 11.6 Å². The minimum absolute atomic E-state index is 0.184. The second kappa shape index (κ2) is 8.40. The van der Waals surface area contributed by atoms with E-state index in [1.165, 1.54) is 18.7 Å². The Balaban J connectivity index is 1.59. The number of amides is 1. The Morgan fingerprint density at radius 2 is 1.76 bits per heavy atom. The molecule has 9 heteroatoms. The van der Waals surface area contributed by atoms with Crippen LogP contribution < -0.4 is 26.8 Å². The summed E-state index contributed by atoms with van der Waals surface area (Å²) in [6, 6.07) is 6.68. The molecule has 0 aliphatic heterocycles. The van der Waals surface area contributed by atoms with Crippen molar-refractivity contribution in [2.24, 2.45) is 5.41 Å². The number of carbonyl (C=O) groups excluding carboxylic acids is 1. The Bertz CT molecular complexity index is 1090. The molecule has 150 valence electrons. The molecule has 0 saturated carbocycles. The maximum absolute atomic E-state index is 12.3. The fraction of sp³-hybridized carbons (Fsp3) is 0.250. The van der Waals surface area contributed by atoms with Crippen molar-refractivity contribution in [2.45, 2.75) is 13.8 Å². The Labute approximate surface area is 172 Å². The zero-order valence-corrected chi connectivity index (χ0v) is 16.7. The van der Waals surface area contributed by atoms with Gasteiger partial charge in [-0.05, 0) is 23.6 Å². The molecule has 8 nitrogen and oxygen atoms in total. The molecule has 29 heavy (non-hydrogen) atoms. The van der Waals surface area contributed by atoms with E-state index in [9.17, 15) is 14.4 Å². The zero-order valence-electron chi connectivity index (χ0n) is 16.0. The van der Waals surface area contributed by atoms with Crippen molar-refractivity contribution >= 4 is 34.6 Å². The van der Waals surface area contributed by atoms with Crippen LogP contribution in [0, 0.1) is 5.41 Å². The van der Waals surface area contributed by atoms with Crippen molar-refractivity contribution < 1.29 is 4.79 Å². The fourth-order valence-electron chi connectivity index (χ4n) is 2.63. The third-order valence-electron chi connectivity index (χ3n) is 4.30. The van der Waals surface area contributed by atoms with Crippen molar-refractivity contribution in [3.63, 3.8) is 0 Å². The van der Waals surface area contributed by atoms with E-state index in [0.717, 1.165) is 0 Å². The summed E-state index contributed by atoms with van der Waals surface area (Å²) in [5.41, 5.74) is -0.180. The summed E-state index contributed by atoms with van der Waals surface area (Å²) in [7, 11) is 0. The van der Waals surface area contributed by atoms with Gasteiger partial charge in [-0.1, -0.05) is 31.5 Å². The first-order valence-corrected chi connectivity index (χ1v) is 9.28. The monoisotopic (exact) mass is 413 g/mol. The standard InChI is InChI=1S/C20H20ClN5O3/c1-20(2,10-25-19(29)12-4-3-5-13(21)6-12)9-24-15-16(18(28)17(15)27)26-14-7-22-11-23-8-14/h3-8,11,24,26H,9-10H2,1-2H3,(H,25,29). The average Bonchev–Trinajstić information content (AvgIpc) is 2.71. The van der Waals surface area contributed by atoms with Crippen molar-refractivity contribution in [2.75, 3.05) is 23.7 Å². The van der Waals surface area contributed by atoms with Crippen LogP contribution in [-0.2, 0) is 0 Å². The lowest BCUT2D eigenvalue weighted by atomic mass is 9.93. The second-order valence-electron chi connectivity index (χ2n) is 7.37. The lowest BCUT2D eigenvalue weighted by Gasteiger charge is -2.27. The molecule has 0 aliphatic rings. The van der Waals surface area contributed by atoms with Gasteiger partial charge in [-0.2, -0.15) is 0 Å². The van der Waals surface area contributed by atoms with Crippen LogP contribution in [0.5, 0.6) is 0 Å². The summed E-state index contributed by atoms with van der Waals surface area (Å²) in [6.45, 7) is 4.59. The Morgan fingerprint density at radius 3 is 2.45 bits per heavy atom. The molecule has 0 bridgehead atoms. The van der Waals surface area contributed by atoms with Crippen LogP contribution in [0.15, 0.2) is 52.6 Å². The van der Waals surface area contributed by atoms with Gasteiger partial charge in [-0.3, -0.25) is 14.4 Å². The van der Waals surface area contributed by atoms with E-state index in [1.807, 2.05) is 13.8 Å². The van der Waals surface area contributed by atoms with Crippen molar-refractivity contribution in [1.82, 2.24) is 15.3 Å². The van der Waals surface area contributed by atoms with Gasteiger partial charge in [0.2, 0.25) is 0 Å². The highest BCUT2D eigenvalue weighted by molar-refractivity contribution is 6.30. The third-order valence-corrected chi connectivity index (χ3v) is 4.53. The largest absolute Gasteiger partial charge is 0.379 e. The van der Waals surface area contributed by atoms with Gasteiger partial charge in [0.25, 0.3) is 16.8 Å². The highest BCUT2D eigenvalue weighted by Crippen LogP contribution is 2.22. The number of aromatic nitrogens is 2. The molecular formula is C20H20ClN5O3. The first kappa shape index (κ1) is 20.5. The van der Waals surface area contributed by atoms with E-state index in [-0.39, 0.29) is 22.7 Å². The van der Waals surface area contributed by atoms with Gasteiger partial charge in [0.15, 0.2) is 0 Å². The number of nitrogens with zero attached hydrogens (tertiary/aromatic N) is 2. The normalized spacial score (nSPS) is 11.3. The van der Waals surface area contributed by atoms with E-state index >= 15 is 0 Å². The minimum Gasteiger partial charge on any atom is -0.379 e. The number of carbonyl (C=O) groups is 1. The van der Waals surface area contributed by atoms with E-state index in [2.05, 4.69) is 25.9 Å². The van der Waals surface area contributed by atoms with Gasteiger partial charge in [-0.25, -0.2) is 9.97 Å². The summed E-state index contributed by atoms with van der Waals surface area (Å²) in [6.07, 6.45) is 4.37. The van der Waals surface area contributed by atoms with Crippen LogP contribution in [0.4, 0.5) is 17.1 Å². The molecule has 1 aromatic heterocycles. The van der Waals surface area contributed by atoms with Gasteiger partial charge in [0.05, 0.1) is 18.1 Å². The molecule has 0 saturated heterocycles. The predicted molar refractivity (Wildman–Crippen MR) is 113 cm³/mol. The highest BCUT2D eigenvalue weighted by atomic mass is 35.5. The van der Waals surface area contributed by atoms with Crippen LogP contribution in [0.2, 0.25) is 5.02 Å². The molecule has 0 fully saturated rings. The zero-order chi connectivity index (χ0) is 21.0. The molecule has 0 unspecified atom stereocenters. The Hall–Kier alpha value is -3.26. The highest BCUT2D eigenvalue weighted by Gasteiger charge is 2.25. The molecule has 0 spiro atoms. The Morgan fingerprint density at radius 1 is 1.07 bits per heavy atom. The number of hydrogen-bond donors (Lipinski definition) is 3. The van der Waals surface area contributed by atoms with Crippen molar-refractivity contribution in [3.05, 3.63) is 74.0 Å². The van der Waals surface area contributed by atoms with E-state index in [1.54, 1.807) is 24.3 Å². The summed E-state index contributed by atoms with van der Waals surface area (Å²) in [5, 5.41) is 9.23. The molecule has 3 N–H and O–H groups in total. The lowest BCUT2D eigenvalue weighted by molar-refractivity contribution is 0.0938. The minimum atomic E-state index is -0.594. The van der Waals surface area contributed by atoms with Crippen LogP contribution >= 0.6 is 11.6 Å². The molecule has 0 aliphatic carbocycles. The van der Waals surface area contributed by atoms with Crippen molar-refractivity contribution in [3.8, 4) is 0 Å². The van der Waals surface area contributed by atoms with Gasteiger partial charge in [0.1, 0.15) is 17.7 Å². The van der Waals surface area contributed by atoms with Crippen LogP contribution in [0.3, 0.4) is 0 Å². The number of hydrogen-bond acceptors (Lipinski definition) is 7. The van der Waals surface area contributed by atoms with Crippen LogP contribution in [0.1, 0.15) is 24.2 Å². The molecule has 3 aromatic rings. The maximum Gasteiger partial charge on any atom is 0.253 e. The summed E-state index contributed by atoms with van der Waals surface area (Å²) < 4.78 is 0. The summed E-state index contributed by atoms with van der Waals surface area (Å²) in [4.78, 5) is 43.8. The van der Waals surface area contributed by atoms with Gasteiger partial charge in [0, 0.05) is 23.7 Å². The number of nitrogens with one attached hydrogen (secondary N) is 3. The quantitative estimate of drug-likeness (QED) is 0.486. The molecule has 0 radical (unpaired) electrons. The number of halogens is 1. The fourth-order valence-corrected chi connectivity index (χ4v) is 2.82. The number of benzene rings is 1. The lowest BCUT2D eigenvalue weighted by Crippen LogP contribution is -2.42. The first-order valence-electron chi connectivity index (χ1n) is 8.90. The first-order chi connectivity index (χ1) is 13.8. The topological polar surface area (TPSA) is 113 Å². The second-order valence-corrected chi connectivity index (χ2v) is 7.81. The average molecular weight is 414 g/mol. The molecule has 3 rings (SSSR count). The van der Waals surface area contributed by atoms with Gasteiger partial charge < -0.3 is 16.0 Å². The SMILES string of the molecule is CC(C)(CNC(=O)c1cccc(Cl)c1)CNc1c(Nc2cncnc2)c(=O)c1=O. The molecule has 1 amide bonds. The van der Waals surface area contributed by atoms with Gasteiger partial charge >= 0.3 is 0 Å². The number of rotatable bonds is 8.